The van der Waals surface area contributed by atoms with Gasteiger partial charge < -0.3 is 15.5 Å². The van der Waals surface area contributed by atoms with Crippen molar-refractivity contribution in [2.75, 3.05) is 19.6 Å². The second-order valence-corrected chi connectivity index (χ2v) is 5.86. The van der Waals surface area contributed by atoms with Gasteiger partial charge in [0.05, 0.1) is 12.6 Å². The molecule has 3 N–H and O–H groups in total. The molecule has 0 aliphatic carbocycles. The summed E-state index contributed by atoms with van der Waals surface area (Å²) in [6, 6.07) is -0.598. The third-order valence-corrected chi connectivity index (χ3v) is 4.43. The highest BCUT2D eigenvalue weighted by Gasteiger charge is 2.49. The van der Waals surface area contributed by atoms with E-state index >= 15 is 0 Å². The molecule has 7 heteroatoms. The first-order chi connectivity index (χ1) is 9.61. The van der Waals surface area contributed by atoms with Gasteiger partial charge in [0.25, 0.3) is 5.91 Å². The van der Waals surface area contributed by atoms with E-state index in [0.717, 1.165) is 32.2 Å². The molecule has 0 aromatic carbocycles. The van der Waals surface area contributed by atoms with Crippen LogP contribution in [0.4, 0.5) is 4.79 Å². The summed E-state index contributed by atoms with van der Waals surface area (Å²) < 4.78 is 0. The first-order valence-corrected chi connectivity index (χ1v) is 7.26. The molecular weight excluding hydrogens is 260 g/mol. The Morgan fingerprint density at radius 3 is 2.75 bits per heavy atom. The molecule has 110 valence electrons. The molecule has 0 aromatic rings. The van der Waals surface area contributed by atoms with E-state index in [2.05, 4.69) is 16.0 Å². The fourth-order valence-corrected chi connectivity index (χ4v) is 3.34. The minimum Gasteiger partial charge on any atom is -0.338 e. The van der Waals surface area contributed by atoms with Crippen LogP contribution in [0.3, 0.4) is 0 Å². The second-order valence-electron chi connectivity index (χ2n) is 5.86. The van der Waals surface area contributed by atoms with Crippen molar-refractivity contribution >= 4 is 17.8 Å². The van der Waals surface area contributed by atoms with Crippen LogP contribution in [0.25, 0.3) is 0 Å². The summed E-state index contributed by atoms with van der Waals surface area (Å²) in [5, 5.41) is 8.20. The van der Waals surface area contributed by atoms with Crippen molar-refractivity contribution in [2.45, 2.75) is 43.7 Å². The Morgan fingerprint density at radius 2 is 2.10 bits per heavy atom. The average molecular weight is 280 g/mol. The third kappa shape index (κ3) is 2.26. The largest absolute Gasteiger partial charge is 0.338 e. The number of imide groups is 1. The van der Waals surface area contributed by atoms with Crippen molar-refractivity contribution in [2.24, 2.45) is 0 Å². The van der Waals surface area contributed by atoms with E-state index in [1.807, 2.05) is 0 Å². The van der Waals surface area contributed by atoms with E-state index in [-0.39, 0.29) is 24.4 Å². The molecule has 3 saturated heterocycles. The third-order valence-electron chi connectivity index (χ3n) is 4.43. The van der Waals surface area contributed by atoms with Crippen LogP contribution in [-0.4, -0.2) is 54.0 Å². The summed E-state index contributed by atoms with van der Waals surface area (Å²) in [5.41, 5.74) is -0.917. The highest BCUT2D eigenvalue weighted by molar-refractivity contribution is 6.07. The SMILES string of the molecule is O=C1NC(=O)C2(CCCN(C(=O)[C@@H]3CCCCN3)C2)N1. The van der Waals surface area contributed by atoms with Crippen LogP contribution in [0.5, 0.6) is 0 Å². The maximum Gasteiger partial charge on any atom is 0.322 e. The van der Waals surface area contributed by atoms with E-state index in [1.165, 1.54) is 0 Å². The first-order valence-electron chi connectivity index (χ1n) is 7.26. The van der Waals surface area contributed by atoms with Crippen molar-refractivity contribution in [1.82, 2.24) is 20.9 Å². The van der Waals surface area contributed by atoms with E-state index in [9.17, 15) is 14.4 Å². The molecule has 0 aromatic heterocycles. The van der Waals surface area contributed by atoms with Crippen LogP contribution in [-0.2, 0) is 9.59 Å². The number of piperidine rings is 2. The number of hydrogen-bond donors (Lipinski definition) is 3. The second kappa shape index (κ2) is 5.05. The van der Waals surface area contributed by atoms with Gasteiger partial charge in [-0.2, -0.15) is 0 Å². The van der Waals surface area contributed by atoms with Crippen LogP contribution < -0.4 is 16.0 Å². The molecule has 1 spiro atoms. The zero-order chi connectivity index (χ0) is 14.2. The number of nitrogens with zero attached hydrogens (tertiary/aromatic N) is 1. The van der Waals surface area contributed by atoms with E-state index in [4.69, 9.17) is 0 Å². The Labute approximate surface area is 117 Å². The summed E-state index contributed by atoms with van der Waals surface area (Å²) in [6.07, 6.45) is 4.32. The number of hydrogen-bond acceptors (Lipinski definition) is 4. The van der Waals surface area contributed by atoms with Crippen molar-refractivity contribution < 1.29 is 14.4 Å². The van der Waals surface area contributed by atoms with Gasteiger partial charge in [-0.1, -0.05) is 6.42 Å². The number of amides is 4. The standard InChI is InChI=1S/C13H20N4O3/c18-10(9-4-1-2-6-14-9)17-7-3-5-13(8-17)11(19)15-12(20)16-13/h9,14H,1-8H2,(H2,15,16,19,20)/t9-,13?/m0/s1. The molecule has 3 fully saturated rings. The normalized spacial score (nSPS) is 34.0. The van der Waals surface area contributed by atoms with Gasteiger partial charge in [0.2, 0.25) is 5.91 Å². The average Bonchev–Trinajstić information content (AvgIpc) is 2.73. The Hall–Kier alpha value is -1.63. The number of carbonyl (C=O) groups excluding carboxylic acids is 3. The Kier molecular flexibility index (Phi) is 3.37. The molecule has 0 saturated carbocycles. The van der Waals surface area contributed by atoms with Gasteiger partial charge in [-0.3, -0.25) is 14.9 Å². The maximum atomic E-state index is 12.5. The molecule has 1 unspecified atom stereocenters. The van der Waals surface area contributed by atoms with Gasteiger partial charge in [0, 0.05) is 6.54 Å². The lowest BCUT2D eigenvalue weighted by atomic mass is 9.88. The van der Waals surface area contributed by atoms with Crippen LogP contribution in [0.1, 0.15) is 32.1 Å². The zero-order valence-electron chi connectivity index (χ0n) is 11.4. The summed E-state index contributed by atoms with van der Waals surface area (Å²) in [5.74, 6) is -0.255. The van der Waals surface area contributed by atoms with Crippen LogP contribution in [0.2, 0.25) is 0 Å². The molecule has 3 rings (SSSR count). The molecule has 3 heterocycles. The van der Waals surface area contributed by atoms with E-state index < -0.39 is 11.6 Å². The molecule has 4 amide bonds. The molecule has 3 aliphatic heterocycles. The van der Waals surface area contributed by atoms with E-state index in [0.29, 0.717) is 13.0 Å². The highest BCUT2D eigenvalue weighted by Crippen LogP contribution is 2.25. The Morgan fingerprint density at radius 1 is 1.25 bits per heavy atom. The van der Waals surface area contributed by atoms with Crippen LogP contribution in [0, 0.1) is 0 Å². The zero-order valence-corrected chi connectivity index (χ0v) is 11.4. The van der Waals surface area contributed by atoms with Crippen molar-refractivity contribution in [1.29, 1.82) is 0 Å². The minimum absolute atomic E-state index is 0.0534. The minimum atomic E-state index is -0.917. The number of nitrogens with one attached hydrogen (secondary N) is 3. The summed E-state index contributed by atoms with van der Waals surface area (Å²) >= 11 is 0. The van der Waals surface area contributed by atoms with Crippen molar-refractivity contribution in [3.63, 3.8) is 0 Å². The lowest BCUT2D eigenvalue weighted by molar-refractivity contribution is -0.138. The predicted octanol–water partition coefficient (Wildman–Crippen LogP) is -0.671. The molecule has 0 bridgehead atoms. The molecular formula is C13H20N4O3. The number of likely N-dealkylation sites (tertiary alicyclic amines) is 1. The van der Waals surface area contributed by atoms with Gasteiger partial charge in [0.15, 0.2) is 0 Å². The number of urea groups is 1. The van der Waals surface area contributed by atoms with E-state index in [1.54, 1.807) is 4.90 Å². The molecule has 3 aliphatic rings. The fraction of sp³-hybridized carbons (Fsp3) is 0.769. The smallest absolute Gasteiger partial charge is 0.322 e. The quantitative estimate of drug-likeness (QED) is 0.556. The fourth-order valence-electron chi connectivity index (χ4n) is 3.34. The molecule has 7 nitrogen and oxygen atoms in total. The Balaban J connectivity index is 1.70. The molecule has 0 radical (unpaired) electrons. The lowest BCUT2D eigenvalue weighted by Crippen LogP contribution is -2.62. The molecule has 2 atom stereocenters. The van der Waals surface area contributed by atoms with Gasteiger partial charge in [-0.05, 0) is 32.2 Å². The summed E-state index contributed by atoms with van der Waals surface area (Å²) in [4.78, 5) is 37.5. The van der Waals surface area contributed by atoms with Crippen LogP contribution in [0.15, 0.2) is 0 Å². The predicted molar refractivity (Wildman–Crippen MR) is 70.9 cm³/mol. The highest BCUT2D eigenvalue weighted by atomic mass is 16.2. The van der Waals surface area contributed by atoms with Gasteiger partial charge in [0.1, 0.15) is 5.54 Å². The number of carbonyl (C=O) groups is 3. The van der Waals surface area contributed by atoms with Gasteiger partial charge in [-0.25, -0.2) is 4.79 Å². The Bertz CT molecular complexity index is 447. The summed E-state index contributed by atoms with van der Waals surface area (Å²) in [7, 11) is 0. The first kappa shape index (κ1) is 13.4. The van der Waals surface area contributed by atoms with Crippen molar-refractivity contribution in [3.8, 4) is 0 Å². The topological polar surface area (TPSA) is 90.5 Å². The van der Waals surface area contributed by atoms with Gasteiger partial charge in [-0.15, -0.1) is 0 Å². The maximum absolute atomic E-state index is 12.5. The number of rotatable bonds is 1. The van der Waals surface area contributed by atoms with Crippen molar-refractivity contribution in [3.05, 3.63) is 0 Å². The van der Waals surface area contributed by atoms with Crippen LogP contribution >= 0.6 is 0 Å². The monoisotopic (exact) mass is 280 g/mol. The lowest BCUT2D eigenvalue weighted by Gasteiger charge is -2.40. The summed E-state index contributed by atoms with van der Waals surface area (Å²) in [6.45, 7) is 1.80. The molecule has 20 heavy (non-hydrogen) atoms. The van der Waals surface area contributed by atoms with Gasteiger partial charge >= 0.3 is 6.03 Å².